The highest BCUT2D eigenvalue weighted by molar-refractivity contribution is 5.80. The number of nitrogens with one attached hydrogen (secondary N) is 2. The summed E-state index contributed by atoms with van der Waals surface area (Å²) in [4.78, 5) is 4.71. The molecule has 7 nitrogen and oxygen atoms in total. The number of aryl methyl sites for hydroxylation is 1. The van der Waals surface area contributed by atoms with E-state index in [4.69, 9.17) is 9.73 Å². The van der Waals surface area contributed by atoms with Gasteiger partial charge >= 0.3 is 0 Å². The SMILES string of the molecule is Cc1nnc(CN=C(NC(C)C)NC2CCOc3ccccc32)n1C. The van der Waals surface area contributed by atoms with Crippen LogP contribution in [-0.2, 0) is 13.6 Å². The molecule has 1 atom stereocenters. The molecule has 1 aromatic heterocycles. The molecule has 0 aliphatic carbocycles. The van der Waals surface area contributed by atoms with Crippen LogP contribution in [0.25, 0.3) is 0 Å². The maximum atomic E-state index is 5.74. The van der Waals surface area contributed by atoms with E-state index in [2.05, 4.69) is 40.7 Å². The predicted molar refractivity (Wildman–Crippen MR) is 97.6 cm³/mol. The first-order valence-corrected chi connectivity index (χ1v) is 8.68. The van der Waals surface area contributed by atoms with Gasteiger partial charge in [-0.15, -0.1) is 10.2 Å². The second-order valence-corrected chi connectivity index (χ2v) is 6.56. The van der Waals surface area contributed by atoms with Crippen molar-refractivity contribution in [3.63, 3.8) is 0 Å². The van der Waals surface area contributed by atoms with Gasteiger partial charge in [-0.1, -0.05) is 18.2 Å². The number of aromatic nitrogens is 3. The van der Waals surface area contributed by atoms with Gasteiger partial charge in [0.25, 0.3) is 0 Å². The van der Waals surface area contributed by atoms with Crippen LogP contribution in [0.5, 0.6) is 5.75 Å². The lowest BCUT2D eigenvalue weighted by Gasteiger charge is -2.28. The quantitative estimate of drug-likeness (QED) is 0.657. The van der Waals surface area contributed by atoms with Crippen molar-refractivity contribution in [3.05, 3.63) is 41.5 Å². The number of fused-ring (bicyclic) bond motifs is 1. The highest BCUT2D eigenvalue weighted by Gasteiger charge is 2.22. The van der Waals surface area contributed by atoms with Crippen LogP contribution in [-0.4, -0.2) is 33.4 Å². The van der Waals surface area contributed by atoms with Crippen molar-refractivity contribution >= 4 is 5.96 Å². The Bertz CT molecular complexity index is 752. The van der Waals surface area contributed by atoms with E-state index >= 15 is 0 Å². The van der Waals surface area contributed by atoms with Gasteiger partial charge in [-0.3, -0.25) is 0 Å². The second kappa shape index (κ2) is 7.55. The first-order chi connectivity index (χ1) is 12.0. The summed E-state index contributed by atoms with van der Waals surface area (Å²) in [5.41, 5.74) is 1.17. The molecule has 0 saturated carbocycles. The first kappa shape index (κ1) is 17.3. The number of aliphatic imine (C=N–C) groups is 1. The fourth-order valence-electron chi connectivity index (χ4n) is 2.80. The van der Waals surface area contributed by atoms with Gasteiger partial charge < -0.3 is 19.9 Å². The lowest BCUT2D eigenvalue weighted by atomic mass is 10.0. The van der Waals surface area contributed by atoms with Gasteiger partial charge in [-0.25, -0.2) is 4.99 Å². The van der Waals surface area contributed by atoms with E-state index in [0.29, 0.717) is 13.2 Å². The monoisotopic (exact) mass is 342 g/mol. The minimum Gasteiger partial charge on any atom is -0.493 e. The Morgan fingerprint density at radius 3 is 2.88 bits per heavy atom. The van der Waals surface area contributed by atoms with Gasteiger partial charge in [0, 0.05) is 25.1 Å². The molecule has 2 N–H and O–H groups in total. The number of rotatable bonds is 4. The predicted octanol–water partition coefficient (Wildman–Crippen LogP) is 2.09. The van der Waals surface area contributed by atoms with Crippen LogP contribution in [0.2, 0.25) is 0 Å². The molecule has 0 bridgehead atoms. The van der Waals surface area contributed by atoms with Gasteiger partial charge in [0.15, 0.2) is 11.8 Å². The molecule has 1 aromatic carbocycles. The Balaban J connectivity index is 1.77. The molecular weight excluding hydrogens is 316 g/mol. The fraction of sp³-hybridized carbons (Fsp3) is 0.500. The standard InChI is InChI=1S/C18H26N6O/c1-12(2)20-18(19-11-17-23-22-13(3)24(17)4)21-15-9-10-25-16-8-6-5-7-14(15)16/h5-8,12,15H,9-11H2,1-4H3,(H2,19,20,21). The molecule has 1 aliphatic heterocycles. The van der Waals surface area contributed by atoms with Gasteiger partial charge in [0.1, 0.15) is 18.1 Å². The van der Waals surface area contributed by atoms with Crippen LogP contribution in [0.15, 0.2) is 29.3 Å². The zero-order valence-corrected chi connectivity index (χ0v) is 15.3. The maximum absolute atomic E-state index is 5.74. The summed E-state index contributed by atoms with van der Waals surface area (Å²) in [6, 6.07) is 8.61. The summed E-state index contributed by atoms with van der Waals surface area (Å²) in [6.07, 6.45) is 0.902. The summed E-state index contributed by atoms with van der Waals surface area (Å²) in [5, 5.41) is 15.2. The number of guanidine groups is 1. The minimum absolute atomic E-state index is 0.177. The molecule has 25 heavy (non-hydrogen) atoms. The van der Waals surface area contributed by atoms with E-state index in [1.807, 2.05) is 36.7 Å². The van der Waals surface area contributed by atoms with Crippen LogP contribution in [0.4, 0.5) is 0 Å². The van der Waals surface area contributed by atoms with Gasteiger partial charge in [-0.05, 0) is 26.8 Å². The summed E-state index contributed by atoms with van der Waals surface area (Å²) < 4.78 is 7.70. The molecule has 0 fully saturated rings. The first-order valence-electron chi connectivity index (χ1n) is 8.68. The minimum atomic E-state index is 0.177. The summed E-state index contributed by atoms with van der Waals surface area (Å²) in [6.45, 7) is 7.31. The lowest BCUT2D eigenvalue weighted by Crippen LogP contribution is -2.44. The average molecular weight is 342 g/mol. The molecule has 0 amide bonds. The molecule has 3 rings (SSSR count). The van der Waals surface area contributed by atoms with Crippen molar-refractivity contribution < 1.29 is 4.74 Å². The number of hydrogen-bond donors (Lipinski definition) is 2. The maximum Gasteiger partial charge on any atom is 0.192 e. The van der Waals surface area contributed by atoms with Crippen molar-refractivity contribution in [1.29, 1.82) is 0 Å². The zero-order chi connectivity index (χ0) is 17.8. The molecule has 0 spiro atoms. The molecule has 2 aromatic rings. The van der Waals surface area contributed by atoms with E-state index < -0.39 is 0 Å². The third-order valence-electron chi connectivity index (χ3n) is 4.26. The number of nitrogens with zero attached hydrogens (tertiary/aromatic N) is 4. The molecule has 0 saturated heterocycles. The van der Waals surface area contributed by atoms with E-state index in [0.717, 1.165) is 29.8 Å². The number of para-hydroxylation sites is 1. The van der Waals surface area contributed by atoms with Crippen LogP contribution in [0, 0.1) is 6.92 Å². The Hall–Kier alpha value is -2.57. The Morgan fingerprint density at radius 1 is 1.36 bits per heavy atom. The number of benzene rings is 1. The molecular formula is C18H26N6O. The van der Waals surface area contributed by atoms with Crippen molar-refractivity contribution in [3.8, 4) is 5.75 Å². The van der Waals surface area contributed by atoms with Crippen LogP contribution < -0.4 is 15.4 Å². The fourth-order valence-corrected chi connectivity index (χ4v) is 2.80. The molecule has 1 unspecified atom stereocenters. The van der Waals surface area contributed by atoms with Crippen molar-refractivity contribution in [2.24, 2.45) is 12.0 Å². The molecule has 0 radical (unpaired) electrons. The van der Waals surface area contributed by atoms with Gasteiger partial charge in [0.05, 0.1) is 12.6 Å². The highest BCUT2D eigenvalue weighted by Crippen LogP contribution is 2.31. The van der Waals surface area contributed by atoms with E-state index in [-0.39, 0.29) is 12.1 Å². The van der Waals surface area contributed by atoms with Crippen molar-refractivity contribution in [1.82, 2.24) is 25.4 Å². The normalized spacial score (nSPS) is 17.2. The number of ether oxygens (including phenoxy) is 1. The largest absolute Gasteiger partial charge is 0.493 e. The summed E-state index contributed by atoms with van der Waals surface area (Å²) >= 11 is 0. The van der Waals surface area contributed by atoms with Gasteiger partial charge in [-0.2, -0.15) is 0 Å². The van der Waals surface area contributed by atoms with E-state index in [9.17, 15) is 0 Å². The summed E-state index contributed by atoms with van der Waals surface area (Å²) in [5.74, 6) is 3.45. The van der Waals surface area contributed by atoms with E-state index in [1.54, 1.807) is 0 Å². The third-order valence-corrected chi connectivity index (χ3v) is 4.26. The Labute approximate surface area is 148 Å². The Kier molecular flexibility index (Phi) is 5.21. The Morgan fingerprint density at radius 2 is 2.16 bits per heavy atom. The summed E-state index contributed by atoms with van der Waals surface area (Å²) in [7, 11) is 1.96. The van der Waals surface area contributed by atoms with Gasteiger partial charge in [0.2, 0.25) is 0 Å². The highest BCUT2D eigenvalue weighted by atomic mass is 16.5. The third kappa shape index (κ3) is 4.10. The second-order valence-electron chi connectivity index (χ2n) is 6.56. The van der Waals surface area contributed by atoms with Crippen LogP contribution in [0.3, 0.4) is 0 Å². The topological polar surface area (TPSA) is 76.4 Å². The molecule has 1 aliphatic rings. The van der Waals surface area contributed by atoms with Crippen LogP contribution in [0.1, 0.15) is 43.5 Å². The number of hydrogen-bond acceptors (Lipinski definition) is 4. The smallest absolute Gasteiger partial charge is 0.192 e. The van der Waals surface area contributed by atoms with E-state index in [1.165, 1.54) is 5.56 Å². The van der Waals surface area contributed by atoms with Crippen molar-refractivity contribution in [2.75, 3.05) is 6.61 Å². The van der Waals surface area contributed by atoms with Crippen molar-refractivity contribution in [2.45, 2.75) is 45.8 Å². The molecule has 134 valence electrons. The lowest BCUT2D eigenvalue weighted by molar-refractivity contribution is 0.261. The molecule has 7 heteroatoms. The zero-order valence-electron chi connectivity index (χ0n) is 15.3. The van der Waals surface area contributed by atoms with Crippen LogP contribution >= 0.6 is 0 Å². The average Bonchev–Trinajstić information content (AvgIpc) is 2.91. The molecule has 2 heterocycles.